The minimum atomic E-state index is -0.414. The molecule has 0 spiro atoms. The minimum absolute atomic E-state index is 0.230. The molecule has 0 aromatic rings. The number of rotatable bonds is 6. The van der Waals surface area contributed by atoms with E-state index in [1.807, 2.05) is 20.8 Å². The number of hydrogen-bond acceptors (Lipinski definition) is 3. The van der Waals surface area contributed by atoms with Gasteiger partial charge in [0, 0.05) is 13.6 Å². The summed E-state index contributed by atoms with van der Waals surface area (Å²) in [6.45, 7) is 8.54. The van der Waals surface area contributed by atoms with E-state index in [-0.39, 0.29) is 6.09 Å². The standard InChI is InChI=1S/C17H34N2O2/c1-17(2,3)21-16(20)19(4)13-9-12-18-14-15-10-7-5-6-8-11-15/h15,18H,5-14H2,1-4H3. The van der Waals surface area contributed by atoms with Gasteiger partial charge in [0.25, 0.3) is 0 Å². The van der Waals surface area contributed by atoms with Crippen molar-refractivity contribution in [2.45, 2.75) is 71.3 Å². The van der Waals surface area contributed by atoms with Crippen molar-refractivity contribution in [1.82, 2.24) is 10.2 Å². The summed E-state index contributed by atoms with van der Waals surface area (Å²) in [5.74, 6) is 0.857. The molecule has 4 heteroatoms. The zero-order chi connectivity index (χ0) is 15.7. The molecule has 0 unspecified atom stereocenters. The molecule has 1 aliphatic rings. The summed E-state index contributed by atoms with van der Waals surface area (Å²) in [7, 11) is 1.80. The van der Waals surface area contributed by atoms with Crippen LogP contribution in [-0.4, -0.2) is 43.3 Å². The molecule has 1 rings (SSSR count). The van der Waals surface area contributed by atoms with E-state index in [9.17, 15) is 4.79 Å². The van der Waals surface area contributed by atoms with Gasteiger partial charge in [-0.05, 0) is 59.0 Å². The van der Waals surface area contributed by atoms with Crippen LogP contribution in [0.2, 0.25) is 0 Å². The molecule has 0 radical (unpaired) electrons. The van der Waals surface area contributed by atoms with Crippen LogP contribution in [0.25, 0.3) is 0 Å². The fraction of sp³-hybridized carbons (Fsp3) is 0.941. The fourth-order valence-electron chi connectivity index (χ4n) is 2.75. The van der Waals surface area contributed by atoms with Gasteiger partial charge in [0.05, 0.1) is 0 Å². The lowest BCUT2D eigenvalue weighted by Crippen LogP contribution is -2.35. The van der Waals surface area contributed by atoms with Gasteiger partial charge in [0.1, 0.15) is 5.60 Å². The number of carbonyl (C=O) groups excluding carboxylic acids is 1. The zero-order valence-electron chi connectivity index (χ0n) is 14.4. The van der Waals surface area contributed by atoms with Gasteiger partial charge in [-0.3, -0.25) is 0 Å². The molecule has 0 atom stereocenters. The van der Waals surface area contributed by atoms with Crippen LogP contribution in [0, 0.1) is 5.92 Å². The first-order valence-electron chi connectivity index (χ1n) is 8.53. The number of ether oxygens (including phenoxy) is 1. The van der Waals surface area contributed by atoms with E-state index in [0.717, 1.165) is 32.0 Å². The van der Waals surface area contributed by atoms with Crippen molar-refractivity contribution in [3.8, 4) is 0 Å². The minimum Gasteiger partial charge on any atom is -0.444 e. The smallest absolute Gasteiger partial charge is 0.410 e. The Morgan fingerprint density at radius 1 is 1.19 bits per heavy atom. The first-order valence-corrected chi connectivity index (χ1v) is 8.53. The fourth-order valence-corrected chi connectivity index (χ4v) is 2.75. The summed E-state index contributed by atoms with van der Waals surface area (Å²) in [6.07, 6.45) is 9.12. The Labute approximate surface area is 130 Å². The van der Waals surface area contributed by atoms with Gasteiger partial charge in [-0.1, -0.05) is 25.7 Å². The molecule has 0 bridgehead atoms. The molecule has 1 fully saturated rings. The molecule has 124 valence electrons. The summed E-state index contributed by atoms with van der Waals surface area (Å²) in [5.41, 5.74) is -0.414. The first kappa shape index (κ1) is 18.3. The molecule has 1 saturated carbocycles. The van der Waals surface area contributed by atoms with Crippen LogP contribution in [0.4, 0.5) is 4.79 Å². The van der Waals surface area contributed by atoms with Crippen LogP contribution in [0.15, 0.2) is 0 Å². The van der Waals surface area contributed by atoms with Crippen molar-refractivity contribution >= 4 is 6.09 Å². The van der Waals surface area contributed by atoms with Crippen molar-refractivity contribution in [2.75, 3.05) is 26.7 Å². The Hall–Kier alpha value is -0.770. The Kier molecular flexibility index (Phi) is 8.09. The van der Waals surface area contributed by atoms with E-state index < -0.39 is 5.60 Å². The average Bonchev–Trinajstić information content (AvgIpc) is 2.64. The highest BCUT2D eigenvalue weighted by molar-refractivity contribution is 5.67. The molecule has 4 nitrogen and oxygen atoms in total. The van der Waals surface area contributed by atoms with Crippen LogP contribution >= 0.6 is 0 Å². The first-order chi connectivity index (χ1) is 9.88. The molecule has 0 aromatic carbocycles. The van der Waals surface area contributed by atoms with Crippen molar-refractivity contribution in [2.24, 2.45) is 5.92 Å². The summed E-state index contributed by atoms with van der Waals surface area (Å²) in [6, 6.07) is 0. The Balaban J connectivity index is 2.06. The maximum absolute atomic E-state index is 11.8. The van der Waals surface area contributed by atoms with E-state index >= 15 is 0 Å². The van der Waals surface area contributed by atoms with E-state index in [1.165, 1.54) is 38.5 Å². The molecular weight excluding hydrogens is 264 g/mol. The third kappa shape index (κ3) is 8.97. The lowest BCUT2D eigenvalue weighted by Gasteiger charge is -2.24. The summed E-state index contributed by atoms with van der Waals surface area (Å²) >= 11 is 0. The number of nitrogens with one attached hydrogen (secondary N) is 1. The largest absolute Gasteiger partial charge is 0.444 e. The summed E-state index contributed by atoms with van der Waals surface area (Å²) in [5, 5.41) is 3.55. The molecule has 1 aliphatic carbocycles. The van der Waals surface area contributed by atoms with E-state index in [4.69, 9.17) is 4.74 Å². The van der Waals surface area contributed by atoms with Crippen molar-refractivity contribution < 1.29 is 9.53 Å². The highest BCUT2D eigenvalue weighted by Crippen LogP contribution is 2.21. The summed E-state index contributed by atoms with van der Waals surface area (Å²) < 4.78 is 5.33. The third-order valence-corrected chi connectivity index (χ3v) is 3.96. The van der Waals surface area contributed by atoms with Gasteiger partial charge in [0.2, 0.25) is 0 Å². The van der Waals surface area contributed by atoms with E-state index in [2.05, 4.69) is 5.32 Å². The van der Waals surface area contributed by atoms with Crippen molar-refractivity contribution in [3.05, 3.63) is 0 Å². The maximum Gasteiger partial charge on any atom is 0.410 e. The normalized spacial score (nSPS) is 17.3. The van der Waals surface area contributed by atoms with Crippen LogP contribution in [-0.2, 0) is 4.74 Å². The highest BCUT2D eigenvalue weighted by atomic mass is 16.6. The Morgan fingerprint density at radius 2 is 1.81 bits per heavy atom. The van der Waals surface area contributed by atoms with Gasteiger partial charge in [0.15, 0.2) is 0 Å². The molecule has 0 heterocycles. The average molecular weight is 298 g/mol. The van der Waals surface area contributed by atoms with Crippen molar-refractivity contribution in [3.63, 3.8) is 0 Å². The zero-order valence-corrected chi connectivity index (χ0v) is 14.4. The lowest BCUT2D eigenvalue weighted by molar-refractivity contribution is 0.0297. The predicted octanol–water partition coefficient (Wildman–Crippen LogP) is 3.80. The van der Waals surface area contributed by atoms with Gasteiger partial charge >= 0.3 is 6.09 Å². The quantitative estimate of drug-likeness (QED) is 0.599. The van der Waals surface area contributed by atoms with Crippen LogP contribution < -0.4 is 5.32 Å². The molecular formula is C17H34N2O2. The van der Waals surface area contributed by atoms with Gasteiger partial charge in [-0.2, -0.15) is 0 Å². The van der Waals surface area contributed by atoms with E-state index in [0.29, 0.717) is 0 Å². The summed E-state index contributed by atoms with van der Waals surface area (Å²) in [4.78, 5) is 13.5. The molecule has 1 amide bonds. The van der Waals surface area contributed by atoms with E-state index in [1.54, 1.807) is 11.9 Å². The molecule has 0 aromatic heterocycles. The molecule has 1 N–H and O–H groups in total. The number of nitrogens with zero attached hydrogens (tertiary/aromatic N) is 1. The van der Waals surface area contributed by atoms with Gasteiger partial charge in [-0.25, -0.2) is 4.79 Å². The SMILES string of the molecule is CN(CCCNCC1CCCCCC1)C(=O)OC(C)(C)C. The second kappa shape index (κ2) is 9.29. The number of amides is 1. The van der Waals surface area contributed by atoms with Crippen LogP contribution in [0.3, 0.4) is 0 Å². The monoisotopic (exact) mass is 298 g/mol. The maximum atomic E-state index is 11.8. The topological polar surface area (TPSA) is 41.6 Å². The molecule has 0 saturated heterocycles. The Bertz CT molecular complexity index is 292. The highest BCUT2D eigenvalue weighted by Gasteiger charge is 2.19. The van der Waals surface area contributed by atoms with Gasteiger partial charge in [-0.15, -0.1) is 0 Å². The second-order valence-electron chi connectivity index (χ2n) is 7.32. The van der Waals surface area contributed by atoms with Gasteiger partial charge < -0.3 is 15.0 Å². The molecule has 0 aliphatic heterocycles. The number of carbonyl (C=O) groups is 1. The predicted molar refractivity (Wildman–Crippen MR) is 87.5 cm³/mol. The molecule has 21 heavy (non-hydrogen) atoms. The second-order valence-corrected chi connectivity index (χ2v) is 7.32. The van der Waals surface area contributed by atoms with Crippen LogP contribution in [0.5, 0.6) is 0 Å². The third-order valence-electron chi connectivity index (χ3n) is 3.96. The lowest BCUT2D eigenvalue weighted by atomic mass is 10.0. The van der Waals surface area contributed by atoms with Crippen molar-refractivity contribution in [1.29, 1.82) is 0 Å². The Morgan fingerprint density at radius 3 is 2.38 bits per heavy atom. The number of hydrogen-bond donors (Lipinski definition) is 1. The van der Waals surface area contributed by atoms with Crippen LogP contribution in [0.1, 0.15) is 65.7 Å².